The summed E-state index contributed by atoms with van der Waals surface area (Å²) in [6.45, 7) is 0.253. The van der Waals surface area contributed by atoms with Gasteiger partial charge in [0, 0.05) is 12.1 Å². The summed E-state index contributed by atoms with van der Waals surface area (Å²) < 4.78 is 51.5. The maximum atomic E-state index is 12.4. The molecule has 1 aliphatic heterocycles. The lowest BCUT2D eigenvalue weighted by Crippen LogP contribution is -2.28. The molecule has 1 fully saturated rings. The quantitative estimate of drug-likeness (QED) is 0.704. The highest BCUT2D eigenvalue weighted by Gasteiger charge is 2.35. The molecule has 0 N–H and O–H groups in total. The average molecular weight is 413 g/mol. The molecule has 2 aromatic carbocycles. The number of nitrogens with zero attached hydrogens (tertiary/aromatic N) is 1. The molecule has 1 aliphatic rings. The summed E-state index contributed by atoms with van der Waals surface area (Å²) in [6.07, 6.45) is -4.74. The van der Waals surface area contributed by atoms with E-state index in [1.54, 1.807) is 31.3 Å². The number of amides is 1. The predicted molar refractivity (Wildman–Crippen MR) is 98.4 cm³/mol. The van der Waals surface area contributed by atoms with Crippen LogP contribution in [0.1, 0.15) is 16.5 Å². The number of methoxy groups -OCH3 is 2. The Labute approximate surface area is 164 Å². The van der Waals surface area contributed by atoms with Crippen LogP contribution in [-0.2, 0) is 11.3 Å². The Bertz CT molecular complexity index is 842. The molecule has 0 radical (unpaired) electrons. The number of hydrogen-bond acceptors (Lipinski definition) is 5. The highest BCUT2D eigenvalue weighted by molar-refractivity contribution is 8.00. The summed E-state index contributed by atoms with van der Waals surface area (Å²) in [5.41, 5.74) is 1.49. The van der Waals surface area contributed by atoms with Crippen LogP contribution >= 0.6 is 11.8 Å². The molecule has 1 heterocycles. The molecule has 5 nitrogen and oxygen atoms in total. The van der Waals surface area contributed by atoms with E-state index in [0.717, 1.165) is 5.56 Å². The standard InChI is InChI=1S/C19H18F3NO4S/c1-25-14-7-8-16(26-2)15(9-14)18-23(17(24)11-28-18)10-12-3-5-13(6-4-12)27-19(20,21)22/h3-9,18H,10-11H2,1-2H3. The Morgan fingerprint density at radius 2 is 1.75 bits per heavy atom. The average Bonchev–Trinajstić information content (AvgIpc) is 3.02. The van der Waals surface area contributed by atoms with Crippen molar-refractivity contribution in [2.45, 2.75) is 18.3 Å². The number of carbonyl (C=O) groups excluding carboxylic acids is 1. The van der Waals surface area contributed by atoms with Gasteiger partial charge in [-0.2, -0.15) is 0 Å². The van der Waals surface area contributed by atoms with Crippen LogP contribution in [0, 0.1) is 0 Å². The molecule has 0 spiro atoms. The van der Waals surface area contributed by atoms with E-state index in [4.69, 9.17) is 9.47 Å². The van der Waals surface area contributed by atoms with Crippen molar-refractivity contribution < 1.29 is 32.2 Å². The monoisotopic (exact) mass is 413 g/mol. The number of ether oxygens (including phenoxy) is 3. The largest absolute Gasteiger partial charge is 0.573 e. The minimum absolute atomic E-state index is 0.0597. The summed E-state index contributed by atoms with van der Waals surface area (Å²) >= 11 is 1.46. The zero-order valence-electron chi connectivity index (χ0n) is 15.2. The fourth-order valence-electron chi connectivity index (χ4n) is 2.91. The van der Waals surface area contributed by atoms with Crippen molar-refractivity contribution in [1.82, 2.24) is 4.90 Å². The minimum atomic E-state index is -4.74. The molecule has 9 heteroatoms. The summed E-state index contributed by atoms with van der Waals surface area (Å²) in [6, 6.07) is 10.9. The number of alkyl halides is 3. The van der Waals surface area contributed by atoms with Crippen LogP contribution in [0.15, 0.2) is 42.5 Å². The van der Waals surface area contributed by atoms with E-state index < -0.39 is 6.36 Å². The SMILES string of the molecule is COc1ccc(OC)c(C2SCC(=O)N2Cc2ccc(OC(F)(F)F)cc2)c1. The van der Waals surface area contributed by atoms with E-state index in [-0.39, 0.29) is 23.6 Å². The number of thioether (sulfide) groups is 1. The highest BCUT2D eigenvalue weighted by Crippen LogP contribution is 2.44. The first kappa shape index (κ1) is 20.2. The Morgan fingerprint density at radius 3 is 2.36 bits per heavy atom. The second kappa shape index (κ2) is 8.22. The number of carbonyl (C=O) groups is 1. The molecular weight excluding hydrogens is 395 g/mol. The number of hydrogen-bond donors (Lipinski definition) is 0. The predicted octanol–water partition coefficient (Wildman–Crippen LogP) is 4.38. The first-order valence-electron chi connectivity index (χ1n) is 8.28. The molecule has 3 rings (SSSR count). The van der Waals surface area contributed by atoms with Crippen LogP contribution in [0.5, 0.6) is 17.2 Å². The second-order valence-corrected chi connectivity index (χ2v) is 7.05. The highest BCUT2D eigenvalue weighted by atomic mass is 32.2. The molecule has 0 bridgehead atoms. The Morgan fingerprint density at radius 1 is 1.07 bits per heavy atom. The fraction of sp³-hybridized carbons (Fsp3) is 0.316. The van der Waals surface area contributed by atoms with Crippen molar-refractivity contribution in [2.24, 2.45) is 0 Å². The van der Waals surface area contributed by atoms with Crippen LogP contribution in [0.2, 0.25) is 0 Å². The summed E-state index contributed by atoms with van der Waals surface area (Å²) in [4.78, 5) is 14.1. The van der Waals surface area contributed by atoms with Crippen molar-refractivity contribution in [1.29, 1.82) is 0 Å². The van der Waals surface area contributed by atoms with Gasteiger partial charge < -0.3 is 19.1 Å². The molecule has 2 aromatic rings. The van der Waals surface area contributed by atoms with Crippen molar-refractivity contribution in [3.8, 4) is 17.2 Å². The molecule has 0 aliphatic carbocycles. The topological polar surface area (TPSA) is 48.0 Å². The smallest absolute Gasteiger partial charge is 0.497 e. The Kier molecular flexibility index (Phi) is 5.93. The zero-order valence-corrected chi connectivity index (χ0v) is 16.0. The Hall–Kier alpha value is -2.55. The number of benzene rings is 2. The van der Waals surface area contributed by atoms with E-state index in [1.807, 2.05) is 6.07 Å². The van der Waals surface area contributed by atoms with Gasteiger partial charge in [0.1, 0.15) is 22.6 Å². The lowest BCUT2D eigenvalue weighted by atomic mass is 10.1. The van der Waals surface area contributed by atoms with Gasteiger partial charge in [-0.25, -0.2) is 0 Å². The van der Waals surface area contributed by atoms with Gasteiger partial charge in [-0.05, 0) is 35.9 Å². The maximum Gasteiger partial charge on any atom is 0.573 e. The second-order valence-electron chi connectivity index (χ2n) is 5.98. The van der Waals surface area contributed by atoms with Gasteiger partial charge in [0.15, 0.2) is 0 Å². The van der Waals surface area contributed by atoms with Gasteiger partial charge in [0.05, 0.1) is 20.0 Å². The van der Waals surface area contributed by atoms with Crippen LogP contribution < -0.4 is 14.2 Å². The van der Waals surface area contributed by atoms with E-state index in [9.17, 15) is 18.0 Å². The molecule has 150 valence electrons. The normalized spacial score (nSPS) is 17.0. The van der Waals surface area contributed by atoms with E-state index in [0.29, 0.717) is 22.8 Å². The van der Waals surface area contributed by atoms with Gasteiger partial charge >= 0.3 is 6.36 Å². The van der Waals surface area contributed by atoms with Crippen molar-refractivity contribution in [3.63, 3.8) is 0 Å². The van der Waals surface area contributed by atoms with Crippen molar-refractivity contribution in [3.05, 3.63) is 53.6 Å². The van der Waals surface area contributed by atoms with E-state index in [1.165, 1.54) is 36.0 Å². The molecule has 1 saturated heterocycles. The van der Waals surface area contributed by atoms with E-state index in [2.05, 4.69) is 4.74 Å². The zero-order chi connectivity index (χ0) is 20.3. The third-order valence-electron chi connectivity index (χ3n) is 4.18. The van der Waals surface area contributed by atoms with Gasteiger partial charge in [-0.3, -0.25) is 4.79 Å². The van der Waals surface area contributed by atoms with Crippen LogP contribution in [-0.4, -0.2) is 37.1 Å². The van der Waals surface area contributed by atoms with E-state index >= 15 is 0 Å². The lowest BCUT2D eigenvalue weighted by molar-refractivity contribution is -0.274. The third-order valence-corrected chi connectivity index (χ3v) is 5.42. The van der Waals surface area contributed by atoms with Gasteiger partial charge in [0.2, 0.25) is 5.91 Å². The molecule has 0 saturated carbocycles. The van der Waals surface area contributed by atoms with Crippen molar-refractivity contribution >= 4 is 17.7 Å². The summed E-state index contributed by atoms with van der Waals surface area (Å²) in [5, 5.41) is -0.288. The molecule has 0 aromatic heterocycles. The van der Waals surface area contributed by atoms with Crippen LogP contribution in [0.25, 0.3) is 0 Å². The van der Waals surface area contributed by atoms with Crippen molar-refractivity contribution in [2.75, 3.05) is 20.0 Å². The molecule has 1 atom stereocenters. The molecule has 28 heavy (non-hydrogen) atoms. The van der Waals surface area contributed by atoms with Crippen LogP contribution in [0.3, 0.4) is 0 Å². The van der Waals surface area contributed by atoms with Gasteiger partial charge in [-0.1, -0.05) is 12.1 Å². The third kappa shape index (κ3) is 4.64. The lowest BCUT2D eigenvalue weighted by Gasteiger charge is -2.26. The number of rotatable bonds is 6. The molecular formula is C19H18F3NO4S. The number of halogens is 3. The van der Waals surface area contributed by atoms with Gasteiger partial charge in [0.25, 0.3) is 0 Å². The minimum Gasteiger partial charge on any atom is -0.497 e. The summed E-state index contributed by atoms with van der Waals surface area (Å²) in [7, 11) is 3.11. The van der Waals surface area contributed by atoms with Crippen LogP contribution in [0.4, 0.5) is 13.2 Å². The molecule has 1 unspecified atom stereocenters. The van der Waals surface area contributed by atoms with Gasteiger partial charge in [-0.15, -0.1) is 24.9 Å². The summed E-state index contributed by atoms with van der Waals surface area (Å²) in [5.74, 6) is 1.22. The fourth-order valence-corrected chi connectivity index (χ4v) is 4.11. The first-order valence-corrected chi connectivity index (χ1v) is 9.33. The first-order chi connectivity index (χ1) is 13.3. The maximum absolute atomic E-state index is 12.4. The Balaban J connectivity index is 1.82. The molecule has 1 amide bonds.